The Kier molecular flexibility index (Phi) is 4.04. The zero-order valence-electron chi connectivity index (χ0n) is 9.54. The molecular weight excluding hydrogens is 182 g/mol. The number of allylic oxidation sites excluding steroid dienone is 4. The Morgan fingerprint density at radius 2 is 1.67 bits per heavy atom. The van der Waals surface area contributed by atoms with Crippen LogP contribution in [0, 0.1) is 12.3 Å². The van der Waals surface area contributed by atoms with Gasteiger partial charge in [-0.05, 0) is 31.9 Å². The summed E-state index contributed by atoms with van der Waals surface area (Å²) in [5.41, 5.74) is 4.51. The summed E-state index contributed by atoms with van der Waals surface area (Å²) in [6, 6.07) is 8.22. The predicted molar refractivity (Wildman–Crippen MR) is 67.4 cm³/mol. The Morgan fingerprint density at radius 3 is 2.13 bits per heavy atom. The molecule has 1 aromatic carbocycles. The van der Waals surface area contributed by atoms with Gasteiger partial charge in [0.1, 0.15) is 0 Å². The van der Waals surface area contributed by atoms with E-state index in [1.165, 1.54) is 17.4 Å². The third-order valence-corrected chi connectivity index (χ3v) is 2.14. The fourth-order valence-electron chi connectivity index (χ4n) is 1.23. The van der Waals surface area contributed by atoms with Gasteiger partial charge in [0.05, 0.1) is 0 Å². The first-order chi connectivity index (χ1) is 7.13. The maximum absolute atomic E-state index is 7.37. The van der Waals surface area contributed by atoms with E-state index in [0.717, 1.165) is 11.1 Å². The summed E-state index contributed by atoms with van der Waals surface area (Å²) >= 11 is 0. The van der Waals surface area contributed by atoms with Crippen LogP contribution in [0.5, 0.6) is 0 Å². The van der Waals surface area contributed by atoms with Crippen molar-refractivity contribution in [3.8, 4) is 0 Å². The molecule has 0 spiro atoms. The van der Waals surface area contributed by atoms with Gasteiger partial charge in [-0.25, -0.2) is 0 Å². The second kappa shape index (κ2) is 5.30. The van der Waals surface area contributed by atoms with Crippen LogP contribution in [0.15, 0.2) is 42.0 Å². The molecule has 1 aromatic rings. The van der Waals surface area contributed by atoms with E-state index in [-0.39, 0.29) is 0 Å². The molecule has 0 aliphatic heterocycles. The van der Waals surface area contributed by atoms with Crippen molar-refractivity contribution >= 4 is 11.8 Å². The molecule has 0 aromatic heterocycles. The number of hydrogen-bond donors (Lipinski definition) is 1. The molecule has 0 amide bonds. The molecule has 78 valence electrons. The Labute approximate surface area is 91.7 Å². The average Bonchev–Trinajstić information content (AvgIpc) is 2.21. The molecule has 0 heterocycles. The Hall–Kier alpha value is -1.63. The third kappa shape index (κ3) is 3.55. The van der Waals surface area contributed by atoms with E-state index < -0.39 is 0 Å². The topological polar surface area (TPSA) is 23.9 Å². The van der Waals surface area contributed by atoms with Gasteiger partial charge in [0.15, 0.2) is 0 Å². The van der Waals surface area contributed by atoms with E-state index in [1.807, 2.05) is 38.1 Å². The lowest BCUT2D eigenvalue weighted by atomic mass is 10.0. The molecule has 0 fully saturated rings. The zero-order chi connectivity index (χ0) is 11.3. The van der Waals surface area contributed by atoms with E-state index in [4.69, 9.17) is 5.41 Å². The van der Waals surface area contributed by atoms with Gasteiger partial charge in [-0.2, -0.15) is 0 Å². The number of rotatable bonds is 3. The average molecular weight is 199 g/mol. The van der Waals surface area contributed by atoms with Crippen LogP contribution < -0.4 is 0 Å². The summed E-state index contributed by atoms with van der Waals surface area (Å²) in [4.78, 5) is 0. The van der Waals surface area contributed by atoms with Gasteiger partial charge in [0.2, 0.25) is 0 Å². The minimum atomic E-state index is 0.941. The summed E-state index contributed by atoms with van der Waals surface area (Å²) in [6.45, 7) is 6.16. The van der Waals surface area contributed by atoms with Crippen LogP contribution in [0.4, 0.5) is 0 Å². The molecule has 1 rings (SSSR count). The standard InChI is InChI=1S/C14H17N/c1-11(2)4-7-14(10-15)13-8-5-12(3)6-9-13/h4-10,15H,1-3H3/b14-7+,15-10?. The first-order valence-electron chi connectivity index (χ1n) is 5.06. The van der Waals surface area contributed by atoms with Gasteiger partial charge in [-0.15, -0.1) is 0 Å². The molecule has 0 radical (unpaired) electrons. The SMILES string of the molecule is CC(C)=C/C=C(\C=N)c1ccc(C)cc1. The zero-order valence-corrected chi connectivity index (χ0v) is 9.54. The van der Waals surface area contributed by atoms with Gasteiger partial charge in [0, 0.05) is 6.21 Å². The Bertz CT molecular complexity index is 390. The van der Waals surface area contributed by atoms with Gasteiger partial charge in [-0.1, -0.05) is 47.6 Å². The van der Waals surface area contributed by atoms with Crippen molar-refractivity contribution in [2.45, 2.75) is 20.8 Å². The van der Waals surface area contributed by atoms with Crippen LogP contribution in [0.25, 0.3) is 5.57 Å². The monoisotopic (exact) mass is 199 g/mol. The number of nitrogens with one attached hydrogen (secondary N) is 1. The Balaban J connectivity index is 3.02. The van der Waals surface area contributed by atoms with Crippen molar-refractivity contribution in [2.75, 3.05) is 0 Å². The van der Waals surface area contributed by atoms with Gasteiger partial charge in [-0.3, -0.25) is 0 Å². The van der Waals surface area contributed by atoms with Gasteiger partial charge < -0.3 is 5.41 Å². The molecule has 0 atom stereocenters. The molecule has 0 unspecified atom stereocenters. The van der Waals surface area contributed by atoms with E-state index in [0.29, 0.717) is 0 Å². The molecule has 0 saturated heterocycles. The largest absolute Gasteiger partial charge is 0.308 e. The van der Waals surface area contributed by atoms with E-state index in [1.54, 1.807) is 0 Å². The van der Waals surface area contributed by atoms with E-state index in [9.17, 15) is 0 Å². The van der Waals surface area contributed by atoms with Crippen molar-refractivity contribution in [3.05, 3.63) is 53.1 Å². The number of aryl methyl sites for hydroxylation is 1. The fraction of sp³-hybridized carbons (Fsp3) is 0.214. The molecule has 1 nitrogen and oxygen atoms in total. The maximum Gasteiger partial charge on any atom is 0.0256 e. The molecule has 15 heavy (non-hydrogen) atoms. The first kappa shape index (κ1) is 11.4. The fourth-order valence-corrected chi connectivity index (χ4v) is 1.23. The lowest BCUT2D eigenvalue weighted by molar-refractivity contribution is 1.39. The maximum atomic E-state index is 7.37. The highest BCUT2D eigenvalue weighted by Crippen LogP contribution is 2.13. The van der Waals surface area contributed by atoms with Gasteiger partial charge in [0.25, 0.3) is 0 Å². The van der Waals surface area contributed by atoms with Crippen molar-refractivity contribution in [3.63, 3.8) is 0 Å². The van der Waals surface area contributed by atoms with Crippen LogP contribution in [0.1, 0.15) is 25.0 Å². The predicted octanol–water partition coefficient (Wildman–Crippen LogP) is 3.99. The smallest absolute Gasteiger partial charge is 0.0256 e. The molecule has 0 bridgehead atoms. The van der Waals surface area contributed by atoms with Crippen molar-refractivity contribution in [1.82, 2.24) is 0 Å². The summed E-state index contributed by atoms with van der Waals surface area (Å²) in [5, 5.41) is 7.37. The second-order valence-corrected chi connectivity index (χ2v) is 3.88. The van der Waals surface area contributed by atoms with Crippen molar-refractivity contribution < 1.29 is 0 Å². The summed E-state index contributed by atoms with van der Waals surface area (Å²) in [7, 11) is 0. The van der Waals surface area contributed by atoms with Crippen LogP contribution in [0.2, 0.25) is 0 Å². The quantitative estimate of drug-likeness (QED) is 0.562. The summed E-state index contributed by atoms with van der Waals surface area (Å²) in [5.74, 6) is 0. The highest BCUT2D eigenvalue weighted by atomic mass is 14.3. The van der Waals surface area contributed by atoms with Crippen LogP contribution in [-0.4, -0.2) is 6.21 Å². The summed E-state index contributed by atoms with van der Waals surface area (Å²) in [6.07, 6.45) is 5.40. The molecule has 1 heteroatoms. The molecule has 1 N–H and O–H groups in total. The molecule has 0 aliphatic rings. The highest BCUT2D eigenvalue weighted by Gasteiger charge is 1.96. The minimum Gasteiger partial charge on any atom is -0.308 e. The normalized spacial score (nSPS) is 11.0. The highest BCUT2D eigenvalue weighted by molar-refractivity contribution is 6.08. The number of benzene rings is 1. The van der Waals surface area contributed by atoms with Crippen molar-refractivity contribution in [1.29, 1.82) is 5.41 Å². The lowest BCUT2D eigenvalue weighted by Crippen LogP contribution is -1.85. The van der Waals surface area contributed by atoms with E-state index >= 15 is 0 Å². The van der Waals surface area contributed by atoms with Crippen LogP contribution >= 0.6 is 0 Å². The number of hydrogen-bond acceptors (Lipinski definition) is 1. The lowest BCUT2D eigenvalue weighted by Gasteiger charge is -2.01. The first-order valence-corrected chi connectivity index (χ1v) is 5.06. The van der Waals surface area contributed by atoms with Gasteiger partial charge >= 0.3 is 0 Å². The molecule has 0 saturated carbocycles. The van der Waals surface area contributed by atoms with Crippen molar-refractivity contribution in [2.24, 2.45) is 0 Å². The minimum absolute atomic E-state index is 0.941. The Morgan fingerprint density at radius 1 is 1.07 bits per heavy atom. The van der Waals surface area contributed by atoms with E-state index in [2.05, 4.69) is 19.1 Å². The van der Waals surface area contributed by atoms with Crippen LogP contribution in [-0.2, 0) is 0 Å². The third-order valence-electron chi connectivity index (χ3n) is 2.14. The van der Waals surface area contributed by atoms with Crippen LogP contribution in [0.3, 0.4) is 0 Å². The summed E-state index contributed by atoms with van der Waals surface area (Å²) < 4.78 is 0. The molecular formula is C14H17N. The molecule has 0 aliphatic carbocycles. The second-order valence-electron chi connectivity index (χ2n) is 3.88.